The molecule has 0 fully saturated rings. The van der Waals surface area contributed by atoms with Crippen molar-refractivity contribution in [2.45, 2.75) is 37.0 Å². The lowest BCUT2D eigenvalue weighted by atomic mass is 10.2. The Balaban J connectivity index is 1.50. The number of halogens is 1. The van der Waals surface area contributed by atoms with Crippen LogP contribution in [-0.2, 0) is 33.4 Å². The molecule has 0 atom stereocenters. The average Bonchev–Trinajstić information content (AvgIpc) is 3.13. The van der Waals surface area contributed by atoms with Crippen LogP contribution in [0.3, 0.4) is 0 Å². The van der Waals surface area contributed by atoms with Crippen molar-refractivity contribution in [2.75, 3.05) is 0 Å². The van der Waals surface area contributed by atoms with E-state index in [9.17, 15) is 13.2 Å². The predicted octanol–water partition coefficient (Wildman–Crippen LogP) is 3.25. The molecule has 0 aliphatic rings. The molecule has 0 saturated heterocycles. The first kappa shape index (κ1) is 21.0. The van der Waals surface area contributed by atoms with E-state index in [4.69, 9.17) is 16.1 Å². The molecule has 0 unspecified atom stereocenters. The molecule has 1 N–H and O–H groups in total. The Morgan fingerprint density at radius 2 is 1.79 bits per heavy atom. The SMILES string of the molecule is Cc1ccc(S(=O)(=O)Cc2noc(CCC(=O)NCc3ccc(Cl)cc3)n2)cc1. The van der Waals surface area contributed by atoms with E-state index in [0.717, 1.165) is 11.1 Å². The fourth-order valence-corrected chi connectivity index (χ4v) is 3.86. The Morgan fingerprint density at radius 1 is 1.10 bits per heavy atom. The molecule has 29 heavy (non-hydrogen) atoms. The number of aromatic nitrogens is 2. The number of aryl methyl sites for hydroxylation is 2. The molecule has 1 amide bonds. The molecular formula is C20H20ClN3O4S. The minimum absolute atomic E-state index is 0.0714. The Labute approximate surface area is 174 Å². The van der Waals surface area contributed by atoms with Gasteiger partial charge in [-0.25, -0.2) is 8.42 Å². The lowest BCUT2D eigenvalue weighted by Gasteiger charge is -2.04. The summed E-state index contributed by atoms with van der Waals surface area (Å²) in [5.74, 6) is -0.239. The molecule has 2 aromatic carbocycles. The van der Waals surface area contributed by atoms with Crippen LogP contribution >= 0.6 is 11.6 Å². The summed E-state index contributed by atoms with van der Waals surface area (Å²) < 4.78 is 29.9. The molecule has 152 valence electrons. The maximum absolute atomic E-state index is 12.4. The van der Waals surface area contributed by atoms with Crippen LogP contribution in [0.25, 0.3) is 0 Å². The number of carbonyl (C=O) groups excluding carboxylic acids is 1. The summed E-state index contributed by atoms with van der Waals surface area (Å²) in [6, 6.07) is 13.8. The van der Waals surface area contributed by atoms with Crippen molar-refractivity contribution in [2.24, 2.45) is 0 Å². The number of hydrogen-bond acceptors (Lipinski definition) is 6. The van der Waals surface area contributed by atoms with Crippen LogP contribution in [0, 0.1) is 6.92 Å². The van der Waals surface area contributed by atoms with Crippen LogP contribution < -0.4 is 5.32 Å². The van der Waals surface area contributed by atoms with Gasteiger partial charge >= 0.3 is 0 Å². The summed E-state index contributed by atoms with van der Waals surface area (Å²) in [6.07, 6.45) is 0.379. The van der Waals surface area contributed by atoms with Gasteiger partial charge in [-0.15, -0.1) is 0 Å². The fraction of sp³-hybridized carbons (Fsp3) is 0.250. The van der Waals surface area contributed by atoms with Gasteiger partial charge in [0.1, 0.15) is 5.75 Å². The van der Waals surface area contributed by atoms with Crippen LogP contribution in [0.2, 0.25) is 5.02 Å². The maximum Gasteiger partial charge on any atom is 0.227 e. The Morgan fingerprint density at radius 3 is 2.48 bits per heavy atom. The second kappa shape index (κ2) is 9.19. The third kappa shape index (κ3) is 6.13. The predicted molar refractivity (Wildman–Crippen MR) is 108 cm³/mol. The van der Waals surface area contributed by atoms with Crippen molar-refractivity contribution in [3.05, 3.63) is 76.4 Å². The monoisotopic (exact) mass is 433 g/mol. The van der Waals surface area contributed by atoms with E-state index in [-0.39, 0.29) is 41.1 Å². The Bertz CT molecular complexity index is 1080. The van der Waals surface area contributed by atoms with E-state index in [1.165, 1.54) is 0 Å². The van der Waals surface area contributed by atoms with Gasteiger partial charge in [-0.1, -0.05) is 46.6 Å². The van der Waals surface area contributed by atoms with E-state index >= 15 is 0 Å². The van der Waals surface area contributed by atoms with Gasteiger partial charge in [-0.2, -0.15) is 4.98 Å². The number of benzene rings is 2. The molecule has 3 rings (SSSR count). The first-order chi connectivity index (χ1) is 13.8. The van der Waals surface area contributed by atoms with E-state index < -0.39 is 9.84 Å². The van der Waals surface area contributed by atoms with Crippen LogP contribution in [0.5, 0.6) is 0 Å². The molecule has 0 bridgehead atoms. The summed E-state index contributed by atoms with van der Waals surface area (Å²) in [7, 11) is -3.56. The zero-order valence-corrected chi connectivity index (χ0v) is 17.3. The molecule has 1 aromatic heterocycles. The molecule has 0 saturated carbocycles. The van der Waals surface area contributed by atoms with Crippen LogP contribution in [0.4, 0.5) is 0 Å². The van der Waals surface area contributed by atoms with Crippen LogP contribution in [0.1, 0.15) is 29.3 Å². The van der Waals surface area contributed by atoms with Crippen molar-refractivity contribution >= 4 is 27.3 Å². The van der Waals surface area contributed by atoms with Crippen molar-refractivity contribution < 1.29 is 17.7 Å². The lowest BCUT2D eigenvalue weighted by Crippen LogP contribution is -2.23. The molecule has 1 heterocycles. The second-order valence-electron chi connectivity index (χ2n) is 6.58. The first-order valence-electron chi connectivity index (χ1n) is 8.94. The van der Waals surface area contributed by atoms with Crippen LogP contribution in [-0.4, -0.2) is 24.5 Å². The van der Waals surface area contributed by atoms with Gasteiger partial charge in [-0.05, 0) is 36.8 Å². The van der Waals surface area contributed by atoms with Gasteiger partial charge in [-0.3, -0.25) is 4.79 Å². The summed E-state index contributed by atoms with van der Waals surface area (Å²) in [5.41, 5.74) is 1.91. The van der Waals surface area contributed by atoms with E-state index in [0.29, 0.717) is 11.6 Å². The highest BCUT2D eigenvalue weighted by atomic mass is 35.5. The number of nitrogens with zero attached hydrogens (tertiary/aromatic N) is 2. The van der Waals surface area contributed by atoms with Gasteiger partial charge in [0.15, 0.2) is 15.7 Å². The fourth-order valence-electron chi connectivity index (χ4n) is 2.56. The highest BCUT2D eigenvalue weighted by Gasteiger charge is 2.19. The quantitative estimate of drug-likeness (QED) is 0.585. The standard InChI is InChI=1S/C20H20ClN3O4S/c1-14-2-8-17(9-3-14)29(26,27)13-18-23-20(28-24-18)11-10-19(25)22-12-15-4-6-16(21)7-5-15/h2-9H,10-13H2,1H3,(H,22,25). The topological polar surface area (TPSA) is 102 Å². The molecule has 0 aliphatic heterocycles. The largest absolute Gasteiger partial charge is 0.352 e. The van der Waals surface area contributed by atoms with E-state index in [2.05, 4.69) is 15.5 Å². The van der Waals surface area contributed by atoms with Gasteiger partial charge in [0, 0.05) is 24.4 Å². The second-order valence-corrected chi connectivity index (χ2v) is 9.01. The summed E-state index contributed by atoms with van der Waals surface area (Å²) in [5, 5.41) is 7.14. The zero-order valence-electron chi connectivity index (χ0n) is 15.8. The molecular weight excluding hydrogens is 414 g/mol. The Kier molecular flexibility index (Phi) is 6.66. The van der Waals surface area contributed by atoms with Crippen LogP contribution in [0.15, 0.2) is 57.9 Å². The van der Waals surface area contributed by atoms with Gasteiger partial charge in [0.05, 0.1) is 4.90 Å². The first-order valence-corrected chi connectivity index (χ1v) is 11.0. The number of carbonyl (C=O) groups is 1. The smallest absolute Gasteiger partial charge is 0.227 e. The van der Waals surface area contributed by atoms with Crippen molar-refractivity contribution in [3.8, 4) is 0 Å². The van der Waals surface area contributed by atoms with E-state index in [1.54, 1.807) is 36.4 Å². The number of amides is 1. The molecule has 0 radical (unpaired) electrons. The van der Waals surface area contributed by atoms with Crippen molar-refractivity contribution in [1.29, 1.82) is 0 Å². The van der Waals surface area contributed by atoms with Crippen molar-refractivity contribution in [3.63, 3.8) is 0 Å². The number of rotatable bonds is 8. The molecule has 0 aliphatic carbocycles. The normalized spacial score (nSPS) is 11.4. The third-order valence-corrected chi connectivity index (χ3v) is 6.06. The lowest BCUT2D eigenvalue weighted by molar-refractivity contribution is -0.121. The molecule has 9 heteroatoms. The van der Waals surface area contributed by atoms with Gasteiger partial charge in [0.2, 0.25) is 11.8 Å². The number of sulfone groups is 1. The zero-order chi connectivity index (χ0) is 20.9. The third-order valence-electron chi connectivity index (χ3n) is 4.18. The maximum atomic E-state index is 12.4. The van der Waals surface area contributed by atoms with Gasteiger partial charge in [0.25, 0.3) is 0 Å². The highest BCUT2D eigenvalue weighted by Crippen LogP contribution is 2.16. The minimum Gasteiger partial charge on any atom is -0.352 e. The summed E-state index contributed by atoms with van der Waals surface area (Å²) >= 11 is 5.83. The molecule has 3 aromatic rings. The Hall–Kier alpha value is -2.71. The summed E-state index contributed by atoms with van der Waals surface area (Å²) in [4.78, 5) is 16.3. The van der Waals surface area contributed by atoms with Crippen molar-refractivity contribution in [1.82, 2.24) is 15.5 Å². The average molecular weight is 434 g/mol. The van der Waals surface area contributed by atoms with Gasteiger partial charge < -0.3 is 9.84 Å². The number of hydrogen-bond donors (Lipinski definition) is 1. The minimum atomic E-state index is -3.56. The molecule has 7 nitrogen and oxygen atoms in total. The highest BCUT2D eigenvalue weighted by molar-refractivity contribution is 7.90. The van der Waals surface area contributed by atoms with E-state index in [1.807, 2.05) is 19.1 Å². The molecule has 0 spiro atoms. The number of nitrogens with one attached hydrogen (secondary N) is 1. The summed E-state index contributed by atoms with van der Waals surface area (Å²) in [6.45, 7) is 2.27.